The molecule has 0 aliphatic heterocycles. The summed E-state index contributed by atoms with van der Waals surface area (Å²) in [5, 5.41) is 3.65. The first-order chi connectivity index (χ1) is 9.70. The smallest absolute Gasteiger partial charge is 0.0587 e. The first kappa shape index (κ1) is 16.0. The Morgan fingerprint density at radius 1 is 1.20 bits per heavy atom. The van der Waals surface area contributed by atoms with Gasteiger partial charge in [-0.05, 0) is 43.9 Å². The van der Waals surface area contributed by atoms with Crippen LogP contribution in [0.3, 0.4) is 0 Å². The molecule has 20 heavy (non-hydrogen) atoms. The Kier molecular flexibility index (Phi) is 5.68. The molecule has 0 spiro atoms. The SMILES string of the molecule is CCC1(CC)CC(CNCCOC)(C2=CCCCC2)C1. The van der Waals surface area contributed by atoms with E-state index in [4.69, 9.17) is 4.74 Å². The molecule has 2 heteroatoms. The summed E-state index contributed by atoms with van der Waals surface area (Å²) in [5.41, 5.74) is 2.87. The summed E-state index contributed by atoms with van der Waals surface area (Å²) in [6.45, 7) is 7.71. The molecule has 0 atom stereocenters. The van der Waals surface area contributed by atoms with E-state index in [1.165, 1.54) is 51.4 Å². The van der Waals surface area contributed by atoms with Crippen LogP contribution in [0.5, 0.6) is 0 Å². The van der Waals surface area contributed by atoms with Crippen molar-refractivity contribution >= 4 is 0 Å². The van der Waals surface area contributed by atoms with Crippen LogP contribution in [-0.2, 0) is 4.74 Å². The largest absolute Gasteiger partial charge is 0.383 e. The summed E-state index contributed by atoms with van der Waals surface area (Å²) >= 11 is 0. The summed E-state index contributed by atoms with van der Waals surface area (Å²) < 4.78 is 5.16. The maximum Gasteiger partial charge on any atom is 0.0587 e. The van der Waals surface area contributed by atoms with Crippen LogP contribution in [0.15, 0.2) is 11.6 Å². The number of nitrogens with one attached hydrogen (secondary N) is 1. The van der Waals surface area contributed by atoms with Gasteiger partial charge in [0.1, 0.15) is 0 Å². The second-order valence-electron chi connectivity index (χ2n) is 6.99. The van der Waals surface area contributed by atoms with Gasteiger partial charge in [0.15, 0.2) is 0 Å². The third-order valence-electron chi connectivity index (χ3n) is 5.85. The summed E-state index contributed by atoms with van der Waals surface area (Å²) in [6, 6.07) is 0. The fourth-order valence-electron chi connectivity index (χ4n) is 4.42. The van der Waals surface area contributed by atoms with Crippen molar-refractivity contribution in [3.05, 3.63) is 11.6 Å². The Hall–Kier alpha value is -0.340. The monoisotopic (exact) mass is 279 g/mol. The molecule has 1 N–H and O–H groups in total. The molecule has 0 unspecified atom stereocenters. The number of hydrogen-bond donors (Lipinski definition) is 1. The first-order valence-corrected chi connectivity index (χ1v) is 8.59. The van der Waals surface area contributed by atoms with Crippen LogP contribution < -0.4 is 5.32 Å². The fraction of sp³-hybridized carbons (Fsp3) is 0.889. The molecule has 0 aromatic heterocycles. The average Bonchev–Trinajstić information content (AvgIpc) is 2.47. The minimum atomic E-state index is 0.472. The quantitative estimate of drug-likeness (QED) is 0.528. The van der Waals surface area contributed by atoms with Gasteiger partial charge in [-0.15, -0.1) is 0 Å². The fourth-order valence-corrected chi connectivity index (χ4v) is 4.42. The Balaban J connectivity index is 2.00. The van der Waals surface area contributed by atoms with Crippen molar-refractivity contribution in [2.24, 2.45) is 10.8 Å². The van der Waals surface area contributed by atoms with E-state index in [1.54, 1.807) is 12.7 Å². The van der Waals surface area contributed by atoms with Crippen molar-refractivity contribution in [2.75, 3.05) is 26.8 Å². The van der Waals surface area contributed by atoms with Gasteiger partial charge in [-0.2, -0.15) is 0 Å². The molecule has 0 aromatic rings. The molecule has 0 radical (unpaired) electrons. The van der Waals surface area contributed by atoms with Crippen molar-refractivity contribution in [1.82, 2.24) is 5.32 Å². The number of ether oxygens (including phenoxy) is 1. The van der Waals surface area contributed by atoms with E-state index in [2.05, 4.69) is 25.2 Å². The summed E-state index contributed by atoms with van der Waals surface area (Å²) in [7, 11) is 1.78. The van der Waals surface area contributed by atoms with Gasteiger partial charge in [0.25, 0.3) is 0 Å². The topological polar surface area (TPSA) is 21.3 Å². The highest BCUT2D eigenvalue weighted by atomic mass is 16.5. The predicted octanol–water partition coefficient (Wildman–Crippen LogP) is 4.31. The lowest BCUT2D eigenvalue weighted by atomic mass is 9.47. The van der Waals surface area contributed by atoms with Gasteiger partial charge >= 0.3 is 0 Å². The molecular formula is C18H33NO. The van der Waals surface area contributed by atoms with Crippen LogP contribution in [0.1, 0.15) is 65.2 Å². The van der Waals surface area contributed by atoms with Gasteiger partial charge < -0.3 is 10.1 Å². The van der Waals surface area contributed by atoms with Crippen LogP contribution in [0.25, 0.3) is 0 Å². The van der Waals surface area contributed by atoms with E-state index >= 15 is 0 Å². The highest BCUT2D eigenvalue weighted by Crippen LogP contribution is 2.62. The van der Waals surface area contributed by atoms with Crippen molar-refractivity contribution in [2.45, 2.75) is 65.2 Å². The van der Waals surface area contributed by atoms with E-state index < -0.39 is 0 Å². The third-order valence-corrected chi connectivity index (χ3v) is 5.85. The van der Waals surface area contributed by atoms with Crippen LogP contribution in [-0.4, -0.2) is 26.8 Å². The van der Waals surface area contributed by atoms with E-state index in [1.807, 2.05) is 0 Å². The van der Waals surface area contributed by atoms with Gasteiger partial charge in [-0.1, -0.05) is 38.3 Å². The zero-order valence-electron chi connectivity index (χ0n) is 13.8. The second kappa shape index (κ2) is 7.09. The lowest BCUT2D eigenvalue weighted by Crippen LogP contribution is -2.52. The molecule has 116 valence electrons. The normalized spacial score (nSPS) is 24.1. The standard InChI is InChI=1S/C18H33NO/c1-4-17(5-2)13-18(14-17,15-19-11-12-20-3)16-9-7-6-8-10-16/h9,19H,4-8,10-15H2,1-3H3. The maximum atomic E-state index is 5.16. The predicted molar refractivity (Wildman–Crippen MR) is 86.0 cm³/mol. The molecule has 2 rings (SSSR count). The maximum absolute atomic E-state index is 5.16. The summed E-state index contributed by atoms with van der Waals surface area (Å²) in [6.07, 6.45) is 13.5. The highest BCUT2D eigenvalue weighted by molar-refractivity contribution is 5.24. The molecule has 0 saturated heterocycles. The van der Waals surface area contributed by atoms with Crippen molar-refractivity contribution < 1.29 is 4.74 Å². The third kappa shape index (κ3) is 3.28. The van der Waals surface area contributed by atoms with E-state index in [0.29, 0.717) is 10.8 Å². The Morgan fingerprint density at radius 3 is 2.50 bits per heavy atom. The number of rotatable bonds is 8. The average molecular weight is 279 g/mol. The minimum Gasteiger partial charge on any atom is -0.383 e. The van der Waals surface area contributed by atoms with E-state index in [9.17, 15) is 0 Å². The molecule has 2 aliphatic rings. The highest BCUT2D eigenvalue weighted by Gasteiger charge is 2.53. The Morgan fingerprint density at radius 2 is 1.95 bits per heavy atom. The molecule has 1 saturated carbocycles. The molecule has 0 heterocycles. The molecule has 1 fully saturated rings. The molecule has 2 aliphatic carbocycles. The van der Waals surface area contributed by atoms with Crippen LogP contribution in [0, 0.1) is 10.8 Å². The van der Waals surface area contributed by atoms with Crippen LogP contribution in [0.4, 0.5) is 0 Å². The lowest BCUT2D eigenvalue weighted by molar-refractivity contribution is -0.0226. The zero-order chi connectivity index (χ0) is 14.5. The lowest BCUT2D eigenvalue weighted by Gasteiger charge is -2.58. The molecular weight excluding hydrogens is 246 g/mol. The van der Waals surface area contributed by atoms with Crippen LogP contribution in [0.2, 0.25) is 0 Å². The van der Waals surface area contributed by atoms with Gasteiger partial charge in [-0.3, -0.25) is 0 Å². The van der Waals surface area contributed by atoms with Crippen molar-refractivity contribution in [3.8, 4) is 0 Å². The number of methoxy groups -OCH3 is 1. The first-order valence-electron chi connectivity index (χ1n) is 8.59. The van der Waals surface area contributed by atoms with E-state index in [-0.39, 0.29) is 0 Å². The van der Waals surface area contributed by atoms with Gasteiger partial charge in [0, 0.05) is 25.6 Å². The molecule has 0 amide bonds. The van der Waals surface area contributed by atoms with Gasteiger partial charge in [-0.25, -0.2) is 0 Å². The molecule has 2 nitrogen and oxygen atoms in total. The van der Waals surface area contributed by atoms with Gasteiger partial charge in [0.2, 0.25) is 0 Å². The zero-order valence-corrected chi connectivity index (χ0v) is 13.8. The molecule has 0 bridgehead atoms. The summed E-state index contributed by atoms with van der Waals surface area (Å²) in [4.78, 5) is 0. The van der Waals surface area contributed by atoms with E-state index in [0.717, 1.165) is 19.7 Å². The number of allylic oxidation sites excluding steroid dienone is 1. The van der Waals surface area contributed by atoms with Crippen LogP contribution >= 0.6 is 0 Å². The Bertz CT molecular complexity index is 322. The van der Waals surface area contributed by atoms with Crippen molar-refractivity contribution in [1.29, 1.82) is 0 Å². The summed E-state index contributed by atoms with van der Waals surface area (Å²) in [5.74, 6) is 0. The Labute approximate surface area is 125 Å². The molecule has 0 aromatic carbocycles. The van der Waals surface area contributed by atoms with Crippen molar-refractivity contribution in [3.63, 3.8) is 0 Å². The minimum absolute atomic E-state index is 0.472. The second-order valence-corrected chi connectivity index (χ2v) is 6.99. The number of hydrogen-bond acceptors (Lipinski definition) is 2. The van der Waals surface area contributed by atoms with Gasteiger partial charge in [0.05, 0.1) is 6.61 Å².